The van der Waals surface area contributed by atoms with Gasteiger partial charge < -0.3 is 11.1 Å². The van der Waals surface area contributed by atoms with Crippen molar-refractivity contribution in [3.05, 3.63) is 16.0 Å². The van der Waals surface area contributed by atoms with Crippen LogP contribution in [0.1, 0.15) is 56.0 Å². The molecule has 1 unspecified atom stereocenters. The van der Waals surface area contributed by atoms with E-state index in [1.807, 2.05) is 13.8 Å². The van der Waals surface area contributed by atoms with Gasteiger partial charge in [-0.05, 0) is 51.0 Å². The van der Waals surface area contributed by atoms with Crippen LogP contribution >= 0.6 is 11.3 Å². The van der Waals surface area contributed by atoms with Crippen molar-refractivity contribution in [1.82, 2.24) is 0 Å². The molecule has 1 atom stereocenters. The molecule has 1 aliphatic carbocycles. The highest BCUT2D eigenvalue weighted by molar-refractivity contribution is 7.16. The maximum Gasteiger partial charge on any atom is 0.225 e. The van der Waals surface area contributed by atoms with Gasteiger partial charge >= 0.3 is 0 Å². The maximum atomic E-state index is 12.0. The van der Waals surface area contributed by atoms with Crippen molar-refractivity contribution in [1.29, 1.82) is 5.26 Å². The second-order valence-electron chi connectivity index (χ2n) is 6.70. The van der Waals surface area contributed by atoms with Crippen LogP contribution in [0.3, 0.4) is 0 Å². The van der Waals surface area contributed by atoms with Crippen molar-refractivity contribution in [3.63, 3.8) is 0 Å². The van der Waals surface area contributed by atoms with E-state index in [2.05, 4.69) is 18.3 Å². The van der Waals surface area contributed by atoms with Crippen LogP contribution in [0.25, 0.3) is 0 Å². The van der Waals surface area contributed by atoms with Crippen LogP contribution in [0.15, 0.2) is 0 Å². The van der Waals surface area contributed by atoms with Gasteiger partial charge in [0.2, 0.25) is 5.91 Å². The summed E-state index contributed by atoms with van der Waals surface area (Å²) in [5.41, 5.74) is 7.37. The molecule has 1 amide bonds. The molecule has 0 fully saturated rings. The summed E-state index contributed by atoms with van der Waals surface area (Å²) in [5, 5.41) is 13.0. The molecule has 1 aromatic rings. The molecule has 1 heterocycles. The number of carbonyl (C=O) groups excluding carboxylic acids is 1. The third-order valence-corrected chi connectivity index (χ3v) is 5.04. The topological polar surface area (TPSA) is 78.9 Å². The number of nitrogens with two attached hydrogens (primary N) is 1. The molecule has 1 aromatic heterocycles. The Morgan fingerprint density at radius 2 is 2.29 bits per heavy atom. The van der Waals surface area contributed by atoms with Crippen LogP contribution in [0.2, 0.25) is 0 Å². The van der Waals surface area contributed by atoms with Crippen LogP contribution in [-0.4, -0.2) is 11.4 Å². The minimum atomic E-state index is -0.348. The third kappa shape index (κ3) is 4.05. The minimum Gasteiger partial charge on any atom is -0.326 e. The van der Waals surface area contributed by atoms with Gasteiger partial charge in [-0.25, -0.2) is 0 Å². The zero-order valence-electron chi connectivity index (χ0n) is 13.0. The van der Waals surface area contributed by atoms with Gasteiger partial charge in [0.25, 0.3) is 0 Å². The summed E-state index contributed by atoms with van der Waals surface area (Å²) in [4.78, 5) is 13.3. The molecule has 114 valence electrons. The number of nitrogens with one attached hydrogen (secondary N) is 1. The lowest BCUT2D eigenvalue weighted by Gasteiger charge is -2.17. The van der Waals surface area contributed by atoms with Gasteiger partial charge in [0.1, 0.15) is 11.1 Å². The number of hydrogen-bond donors (Lipinski definition) is 2. The number of hydrogen-bond acceptors (Lipinski definition) is 4. The number of amides is 1. The highest BCUT2D eigenvalue weighted by atomic mass is 32.1. The van der Waals surface area contributed by atoms with E-state index < -0.39 is 0 Å². The Bertz CT molecular complexity index is 578. The zero-order valence-corrected chi connectivity index (χ0v) is 13.8. The van der Waals surface area contributed by atoms with Crippen molar-refractivity contribution in [2.45, 2.75) is 58.4 Å². The van der Waals surface area contributed by atoms with E-state index >= 15 is 0 Å². The minimum absolute atomic E-state index is 0.0586. The van der Waals surface area contributed by atoms with Gasteiger partial charge in [0.05, 0.1) is 5.56 Å². The number of thiophene rings is 1. The maximum absolute atomic E-state index is 12.0. The van der Waals surface area contributed by atoms with E-state index in [9.17, 15) is 10.1 Å². The highest BCUT2D eigenvalue weighted by Crippen LogP contribution is 2.39. The lowest BCUT2D eigenvalue weighted by atomic mass is 9.88. The monoisotopic (exact) mass is 305 g/mol. The Labute approximate surface area is 130 Å². The van der Waals surface area contributed by atoms with E-state index in [-0.39, 0.29) is 11.4 Å². The largest absolute Gasteiger partial charge is 0.326 e. The summed E-state index contributed by atoms with van der Waals surface area (Å²) in [6.07, 6.45) is 4.09. The molecule has 0 radical (unpaired) electrons. The summed E-state index contributed by atoms with van der Waals surface area (Å²) in [6, 6.07) is 2.27. The van der Waals surface area contributed by atoms with Gasteiger partial charge in [-0.15, -0.1) is 11.3 Å². The second-order valence-corrected chi connectivity index (χ2v) is 7.81. The fourth-order valence-corrected chi connectivity index (χ4v) is 3.96. The van der Waals surface area contributed by atoms with E-state index in [0.717, 1.165) is 29.8 Å². The van der Waals surface area contributed by atoms with Crippen LogP contribution in [0, 0.1) is 17.2 Å². The summed E-state index contributed by atoms with van der Waals surface area (Å²) in [7, 11) is 0. The first-order valence-corrected chi connectivity index (χ1v) is 8.25. The van der Waals surface area contributed by atoms with Gasteiger partial charge in [0.15, 0.2) is 0 Å². The van der Waals surface area contributed by atoms with E-state index in [1.54, 1.807) is 11.3 Å². The zero-order chi connectivity index (χ0) is 15.6. The molecule has 0 saturated carbocycles. The lowest BCUT2D eigenvalue weighted by Crippen LogP contribution is -2.33. The Kier molecular flexibility index (Phi) is 4.70. The van der Waals surface area contributed by atoms with E-state index in [1.165, 1.54) is 4.88 Å². The second kappa shape index (κ2) is 6.17. The van der Waals surface area contributed by atoms with E-state index in [4.69, 9.17) is 5.73 Å². The molecule has 0 saturated heterocycles. The number of anilines is 1. The third-order valence-electron chi connectivity index (χ3n) is 3.87. The van der Waals surface area contributed by atoms with Crippen LogP contribution in [0.4, 0.5) is 5.00 Å². The molecule has 0 spiro atoms. The summed E-state index contributed by atoms with van der Waals surface area (Å²) < 4.78 is 0. The molecule has 0 aliphatic heterocycles. The van der Waals surface area contributed by atoms with E-state index in [0.29, 0.717) is 24.3 Å². The first-order valence-electron chi connectivity index (χ1n) is 7.43. The van der Waals surface area contributed by atoms with Crippen LogP contribution in [-0.2, 0) is 17.6 Å². The number of nitriles is 1. The normalized spacial score (nSPS) is 18.0. The summed E-state index contributed by atoms with van der Waals surface area (Å²) in [6.45, 7) is 6.05. The average molecular weight is 305 g/mol. The molecule has 1 aliphatic rings. The number of nitrogens with zero attached hydrogens (tertiary/aromatic N) is 1. The lowest BCUT2D eigenvalue weighted by molar-refractivity contribution is -0.116. The first-order chi connectivity index (χ1) is 9.80. The number of fused-ring (bicyclic) bond motifs is 1. The number of rotatable bonds is 4. The van der Waals surface area contributed by atoms with Crippen molar-refractivity contribution in [2.24, 2.45) is 11.7 Å². The summed E-state index contributed by atoms with van der Waals surface area (Å²) in [5.74, 6) is 0.598. The molecule has 0 aromatic carbocycles. The van der Waals surface area contributed by atoms with Gasteiger partial charge in [0, 0.05) is 16.8 Å². The fourth-order valence-electron chi connectivity index (χ4n) is 2.58. The molecular weight excluding hydrogens is 282 g/mol. The highest BCUT2D eigenvalue weighted by Gasteiger charge is 2.24. The molecule has 3 N–H and O–H groups in total. The molecule has 4 nitrogen and oxygen atoms in total. The molecule has 0 bridgehead atoms. The van der Waals surface area contributed by atoms with Crippen molar-refractivity contribution in [2.75, 3.05) is 5.32 Å². The summed E-state index contributed by atoms with van der Waals surface area (Å²) >= 11 is 1.57. The van der Waals surface area contributed by atoms with Gasteiger partial charge in [-0.2, -0.15) is 5.26 Å². The molecule has 2 rings (SSSR count). The quantitative estimate of drug-likeness (QED) is 0.896. The molecule has 5 heteroatoms. The first kappa shape index (κ1) is 16.0. The smallest absolute Gasteiger partial charge is 0.225 e. The van der Waals surface area contributed by atoms with Gasteiger partial charge in [-0.1, -0.05) is 6.92 Å². The average Bonchev–Trinajstić information content (AvgIpc) is 2.71. The van der Waals surface area contributed by atoms with Crippen molar-refractivity contribution >= 4 is 22.2 Å². The van der Waals surface area contributed by atoms with Crippen LogP contribution in [0.5, 0.6) is 0 Å². The SMILES string of the molecule is CC1CCc2c(sc(NC(=O)CCC(C)(C)N)c2C#N)C1. The Hall–Kier alpha value is -1.38. The molecular formula is C16H23N3OS. The molecule has 21 heavy (non-hydrogen) atoms. The fraction of sp³-hybridized carbons (Fsp3) is 0.625. The predicted molar refractivity (Wildman–Crippen MR) is 86.4 cm³/mol. The Morgan fingerprint density at radius 1 is 1.57 bits per heavy atom. The predicted octanol–water partition coefficient (Wildman–Crippen LogP) is 3.20. The Balaban J connectivity index is 2.10. The Morgan fingerprint density at radius 3 is 2.90 bits per heavy atom. The standard InChI is InChI=1S/C16H23N3OS/c1-10-4-5-11-12(9-17)15(21-13(11)8-10)19-14(20)6-7-16(2,3)18/h10H,4-8,18H2,1-3H3,(H,19,20). The van der Waals surface area contributed by atoms with Crippen molar-refractivity contribution < 1.29 is 4.79 Å². The van der Waals surface area contributed by atoms with Crippen LogP contribution < -0.4 is 11.1 Å². The van der Waals surface area contributed by atoms with Gasteiger partial charge in [-0.3, -0.25) is 4.79 Å². The number of carbonyl (C=O) groups is 1. The van der Waals surface area contributed by atoms with Crippen molar-refractivity contribution in [3.8, 4) is 6.07 Å².